The van der Waals surface area contributed by atoms with Crippen LogP contribution in [0, 0.1) is 5.92 Å². The number of benzene rings is 1. The fraction of sp³-hybridized carbons (Fsp3) is 0.625. The summed E-state index contributed by atoms with van der Waals surface area (Å²) in [7, 11) is 0. The minimum absolute atomic E-state index is 0.235. The third-order valence-corrected chi connectivity index (χ3v) is 4.85. The molecule has 18 heavy (non-hydrogen) atoms. The van der Waals surface area contributed by atoms with Crippen molar-refractivity contribution in [3.8, 4) is 0 Å². The molecule has 0 bridgehead atoms. The number of fused-ring (bicyclic) bond motifs is 1. The van der Waals surface area contributed by atoms with Gasteiger partial charge in [-0.3, -0.25) is 0 Å². The summed E-state index contributed by atoms with van der Waals surface area (Å²) in [6.07, 6.45) is 8.22. The molecule has 2 aliphatic carbocycles. The minimum Gasteiger partial charge on any atom is -0.387 e. The van der Waals surface area contributed by atoms with Crippen LogP contribution in [-0.2, 0) is 0 Å². The zero-order valence-corrected chi connectivity index (χ0v) is 10.9. The number of nitrogens with one attached hydrogen (secondary N) is 1. The van der Waals surface area contributed by atoms with Crippen molar-refractivity contribution in [2.24, 2.45) is 5.92 Å². The highest BCUT2D eigenvalue weighted by Crippen LogP contribution is 2.44. The van der Waals surface area contributed by atoms with Crippen LogP contribution in [-0.4, -0.2) is 16.7 Å². The molecular formula is C16H23NO. The molecule has 98 valence electrons. The molecule has 0 radical (unpaired) electrons. The first-order valence-corrected chi connectivity index (χ1v) is 7.33. The monoisotopic (exact) mass is 245 g/mol. The first kappa shape index (κ1) is 12.0. The maximum atomic E-state index is 11.0. The van der Waals surface area contributed by atoms with E-state index in [0.717, 1.165) is 18.5 Å². The average Bonchev–Trinajstić information content (AvgIpc) is 2.41. The van der Waals surface area contributed by atoms with Crippen molar-refractivity contribution >= 4 is 5.69 Å². The summed E-state index contributed by atoms with van der Waals surface area (Å²) in [5.74, 6) is 0.515. The highest BCUT2D eigenvalue weighted by atomic mass is 16.3. The van der Waals surface area contributed by atoms with Gasteiger partial charge in [-0.1, -0.05) is 37.5 Å². The first-order chi connectivity index (χ1) is 8.79. The van der Waals surface area contributed by atoms with E-state index in [2.05, 4.69) is 17.4 Å². The van der Waals surface area contributed by atoms with E-state index in [1.54, 1.807) is 0 Å². The van der Waals surface area contributed by atoms with Gasteiger partial charge in [0.2, 0.25) is 0 Å². The van der Waals surface area contributed by atoms with Crippen molar-refractivity contribution < 1.29 is 5.11 Å². The van der Waals surface area contributed by atoms with Crippen LogP contribution in [0.25, 0.3) is 0 Å². The molecule has 0 heterocycles. The molecule has 2 saturated carbocycles. The number of rotatable bonds is 2. The molecule has 2 aliphatic rings. The Labute approximate surface area is 109 Å². The Morgan fingerprint density at radius 1 is 1.00 bits per heavy atom. The van der Waals surface area contributed by atoms with Crippen LogP contribution in [0.5, 0.6) is 0 Å². The van der Waals surface area contributed by atoms with Crippen molar-refractivity contribution in [2.45, 2.75) is 56.6 Å². The number of para-hydroxylation sites is 1. The van der Waals surface area contributed by atoms with Crippen LogP contribution >= 0.6 is 0 Å². The van der Waals surface area contributed by atoms with E-state index >= 15 is 0 Å². The summed E-state index contributed by atoms with van der Waals surface area (Å²) in [5.41, 5.74) is 0.675. The number of hydrogen-bond donors (Lipinski definition) is 2. The molecular weight excluding hydrogens is 222 g/mol. The van der Waals surface area contributed by atoms with E-state index in [-0.39, 0.29) is 6.04 Å². The summed E-state index contributed by atoms with van der Waals surface area (Å²) < 4.78 is 0. The highest BCUT2D eigenvalue weighted by Gasteiger charge is 2.47. The molecule has 1 aromatic rings. The normalized spacial score (nSPS) is 35.8. The lowest BCUT2D eigenvalue weighted by atomic mass is 9.65. The van der Waals surface area contributed by atoms with Gasteiger partial charge in [0.25, 0.3) is 0 Å². The van der Waals surface area contributed by atoms with Crippen LogP contribution in [0.1, 0.15) is 44.9 Å². The lowest BCUT2D eigenvalue weighted by Crippen LogP contribution is -2.56. The van der Waals surface area contributed by atoms with E-state index in [9.17, 15) is 5.11 Å². The second kappa shape index (κ2) is 4.93. The third kappa shape index (κ3) is 2.14. The fourth-order valence-corrected chi connectivity index (χ4v) is 3.86. The topological polar surface area (TPSA) is 32.3 Å². The predicted octanol–water partition coefficient (Wildman–Crippen LogP) is 3.57. The Morgan fingerprint density at radius 2 is 1.78 bits per heavy atom. The molecule has 0 saturated heterocycles. The van der Waals surface area contributed by atoms with Gasteiger partial charge >= 0.3 is 0 Å². The van der Waals surface area contributed by atoms with Gasteiger partial charge in [0.15, 0.2) is 0 Å². The quantitative estimate of drug-likeness (QED) is 0.835. The van der Waals surface area contributed by atoms with E-state index in [4.69, 9.17) is 0 Å². The van der Waals surface area contributed by atoms with Gasteiger partial charge in [-0.15, -0.1) is 0 Å². The fourth-order valence-electron chi connectivity index (χ4n) is 3.86. The van der Waals surface area contributed by atoms with Gasteiger partial charge in [-0.25, -0.2) is 0 Å². The lowest BCUT2D eigenvalue weighted by Gasteiger charge is -2.49. The molecule has 0 aromatic heterocycles. The van der Waals surface area contributed by atoms with Gasteiger partial charge in [0, 0.05) is 5.69 Å². The van der Waals surface area contributed by atoms with Crippen LogP contribution in [0.3, 0.4) is 0 Å². The van der Waals surface area contributed by atoms with Gasteiger partial charge in [-0.05, 0) is 43.7 Å². The SMILES string of the molecule is OC12CCCCC1CCCC2Nc1ccccc1. The van der Waals surface area contributed by atoms with E-state index in [1.807, 2.05) is 18.2 Å². The molecule has 2 N–H and O–H groups in total. The van der Waals surface area contributed by atoms with E-state index in [0.29, 0.717) is 5.92 Å². The minimum atomic E-state index is -0.466. The molecule has 1 aromatic carbocycles. The van der Waals surface area contributed by atoms with Gasteiger partial charge in [0.05, 0.1) is 11.6 Å². The molecule has 3 atom stereocenters. The zero-order chi connectivity index (χ0) is 12.4. The molecule has 2 nitrogen and oxygen atoms in total. The molecule has 3 unspecified atom stereocenters. The van der Waals surface area contributed by atoms with Crippen LogP contribution in [0.2, 0.25) is 0 Å². The Kier molecular flexibility index (Phi) is 3.29. The zero-order valence-electron chi connectivity index (χ0n) is 10.9. The van der Waals surface area contributed by atoms with Crippen molar-refractivity contribution in [2.75, 3.05) is 5.32 Å². The highest BCUT2D eigenvalue weighted by molar-refractivity contribution is 5.44. The summed E-state index contributed by atoms with van der Waals surface area (Å²) >= 11 is 0. The summed E-state index contributed by atoms with van der Waals surface area (Å²) in [5, 5.41) is 14.6. The molecule has 0 spiro atoms. The molecule has 2 fully saturated rings. The second-order valence-corrected chi connectivity index (χ2v) is 5.93. The maximum absolute atomic E-state index is 11.0. The number of anilines is 1. The van der Waals surface area contributed by atoms with Crippen molar-refractivity contribution in [1.29, 1.82) is 0 Å². The van der Waals surface area contributed by atoms with E-state index < -0.39 is 5.60 Å². The largest absolute Gasteiger partial charge is 0.387 e. The molecule has 0 aliphatic heterocycles. The number of aliphatic hydroxyl groups is 1. The third-order valence-electron chi connectivity index (χ3n) is 4.85. The second-order valence-electron chi connectivity index (χ2n) is 5.93. The van der Waals surface area contributed by atoms with Crippen molar-refractivity contribution in [1.82, 2.24) is 0 Å². The average molecular weight is 245 g/mol. The summed E-state index contributed by atoms with van der Waals surface area (Å²) in [4.78, 5) is 0. The molecule has 0 amide bonds. The first-order valence-electron chi connectivity index (χ1n) is 7.33. The standard InChI is InChI=1S/C16H23NO/c18-16-12-5-4-7-13(16)8-6-11-15(16)17-14-9-2-1-3-10-14/h1-3,9-10,13,15,17-18H,4-8,11-12H2. The predicted molar refractivity (Wildman–Crippen MR) is 74.6 cm³/mol. The summed E-state index contributed by atoms with van der Waals surface area (Å²) in [6, 6.07) is 10.6. The Morgan fingerprint density at radius 3 is 2.61 bits per heavy atom. The van der Waals surface area contributed by atoms with Gasteiger partial charge < -0.3 is 10.4 Å². The van der Waals surface area contributed by atoms with Gasteiger partial charge in [-0.2, -0.15) is 0 Å². The Hall–Kier alpha value is -1.02. The molecule has 3 rings (SSSR count). The lowest BCUT2D eigenvalue weighted by molar-refractivity contribution is -0.0835. The Balaban J connectivity index is 1.78. The van der Waals surface area contributed by atoms with E-state index in [1.165, 1.54) is 32.1 Å². The van der Waals surface area contributed by atoms with Crippen LogP contribution in [0.4, 0.5) is 5.69 Å². The van der Waals surface area contributed by atoms with Crippen LogP contribution < -0.4 is 5.32 Å². The van der Waals surface area contributed by atoms with Crippen molar-refractivity contribution in [3.63, 3.8) is 0 Å². The van der Waals surface area contributed by atoms with Crippen molar-refractivity contribution in [3.05, 3.63) is 30.3 Å². The van der Waals surface area contributed by atoms with Crippen LogP contribution in [0.15, 0.2) is 30.3 Å². The summed E-state index contributed by atoms with van der Waals surface area (Å²) in [6.45, 7) is 0. The Bertz CT molecular complexity index is 389. The maximum Gasteiger partial charge on any atom is 0.0875 e. The smallest absolute Gasteiger partial charge is 0.0875 e. The number of hydrogen-bond acceptors (Lipinski definition) is 2. The van der Waals surface area contributed by atoms with Gasteiger partial charge in [0.1, 0.15) is 0 Å². The molecule has 2 heteroatoms.